The lowest BCUT2D eigenvalue weighted by molar-refractivity contribution is 0.0376. The third kappa shape index (κ3) is 4.29. The van der Waals surface area contributed by atoms with Crippen LogP contribution in [0, 0.1) is 0 Å². The van der Waals surface area contributed by atoms with Crippen LogP contribution < -0.4 is 4.72 Å². The molecule has 1 fully saturated rings. The fourth-order valence-electron chi connectivity index (χ4n) is 2.08. The lowest BCUT2D eigenvalue weighted by atomic mass is 10.3. The number of aliphatic hydroxyl groups is 1. The van der Waals surface area contributed by atoms with Crippen molar-refractivity contribution >= 4 is 10.0 Å². The first-order chi connectivity index (χ1) is 9.62. The molecule has 1 aliphatic heterocycles. The molecule has 0 atom stereocenters. The van der Waals surface area contributed by atoms with Crippen LogP contribution in [-0.2, 0) is 21.4 Å². The van der Waals surface area contributed by atoms with Gasteiger partial charge in [-0.15, -0.1) is 0 Å². The molecule has 0 spiro atoms. The molecule has 1 aromatic heterocycles. The molecule has 114 valence electrons. The molecule has 1 aromatic rings. The topological polar surface area (TPSA) is 94.7 Å². The highest BCUT2D eigenvalue weighted by Crippen LogP contribution is 2.10. The van der Waals surface area contributed by atoms with Gasteiger partial charge in [-0.1, -0.05) is 0 Å². The summed E-state index contributed by atoms with van der Waals surface area (Å²) in [5.41, 5.74) is 0.485. The zero-order chi connectivity index (χ0) is 14.4. The number of nitrogens with one attached hydrogen (secondary N) is 2. The van der Waals surface area contributed by atoms with Crippen molar-refractivity contribution in [1.29, 1.82) is 0 Å². The molecule has 2 rings (SSSR count). The zero-order valence-corrected chi connectivity index (χ0v) is 12.2. The Morgan fingerprint density at radius 1 is 1.40 bits per heavy atom. The molecule has 0 aliphatic carbocycles. The summed E-state index contributed by atoms with van der Waals surface area (Å²) in [5, 5.41) is 8.91. The van der Waals surface area contributed by atoms with Crippen LogP contribution in [0.5, 0.6) is 0 Å². The van der Waals surface area contributed by atoms with Crippen molar-refractivity contribution in [3.8, 4) is 0 Å². The van der Waals surface area contributed by atoms with Crippen LogP contribution in [0.1, 0.15) is 12.1 Å². The molecule has 0 aromatic carbocycles. The number of morpholine rings is 1. The summed E-state index contributed by atoms with van der Waals surface area (Å²) in [7, 11) is -3.49. The lowest BCUT2D eigenvalue weighted by Crippen LogP contribution is -2.38. The first-order valence-corrected chi connectivity index (χ1v) is 8.18. The number of hydrogen-bond donors (Lipinski definition) is 3. The van der Waals surface area contributed by atoms with Crippen molar-refractivity contribution < 1.29 is 18.3 Å². The molecule has 1 saturated heterocycles. The summed E-state index contributed by atoms with van der Waals surface area (Å²) in [5.74, 6) is 0. The highest BCUT2D eigenvalue weighted by Gasteiger charge is 2.16. The number of aliphatic hydroxyl groups excluding tert-OH is 1. The van der Waals surface area contributed by atoms with Gasteiger partial charge < -0.3 is 14.8 Å². The maximum atomic E-state index is 12.0. The number of ether oxygens (including phenoxy) is 1. The summed E-state index contributed by atoms with van der Waals surface area (Å²) >= 11 is 0. The first kappa shape index (κ1) is 15.5. The summed E-state index contributed by atoms with van der Waals surface area (Å²) in [6, 6.07) is 1.43. The second kappa shape index (κ2) is 7.19. The first-order valence-electron chi connectivity index (χ1n) is 6.70. The maximum Gasteiger partial charge on any atom is 0.242 e. The Hall–Kier alpha value is -0.930. The highest BCUT2D eigenvalue weighted by molar-refractivity contribution is 7.89. The van der Waals surface area contributed by atoms with E-state index in [-0.39, 0.29) is 11.5 Å². The van der Waals surface area contributed by atoms with Crippen molar-refractivity contribution in [3.05, 3.63) is 18.0 Å². The third-order valence-electron chi connectivity index (χ3n) is 3.24. The van der Waals surface area contributed by atoms with Gasteiger partial charge in [0.25, 0.3) is 0 Å². The van der Waals surface area contributed by atoms with Crippen molar-refractivity contribution in [2.75, 3.05) is 39.4 Å². The van der Waals surface area contributed by atoms with Gasteiger partial charge in [0.1, 0.15) is 0 Å². The van der Waals surface area contributed by atoms with Crippen molar-refractivity contribution in [3.63, 3.8) is 0 Å². The molecule has 0 radical (unpaired) electrons. The molecule has 0 amide bonds. The van der Waals surface area contributed by atoms with E-state index in [0.717, 1.165) is 39.3 Å². The zero-order valence-electron chi connectivity index (χ0n) is 11.3. The molecule has 3 N–H and O–H groups in total. The highest BCUT2D eigenvalue weighted by atomic mass is 32.2. The van der Waals surface area contributed by atoms with E-state index < -0.39 is 10.0 Å². The largest absolute Gasteiger partial charge is 0.390 e. The minimum absolute atomic E-state index is 0.160. The van der Waals surface area contributed by atoms with E-state index in [4.69, 9.17) is 9.84 Å². The fourth-order valence-corrected chi connectivity index (χ4v) is 3.17. The summed E-state index contributed by atoms with van der Waals surface area (Å²) in [6.07, 6.45) is 2.15. The summed E-state index contributed by atoms with van der Waals surface area (Å²) < 4.78 is 31.8. The normalized spacial score (nSPS) is 17.4. The lowest BCUT2D eigenvalue weighted by Gasteiger charge is -2.26. The number of rotatable bonds is 7. The number of H-pyrrole nitrogens is 1. The number of nitrogens with zero attached hydrogens (tertiary/aromatic N) is 1. The van der Waals surface area contributed by atoms with E-state index in [0.29, 0.717) is 12.2 Å². The van der Waals surface area contributed by atoms with Gasteiger partial charge in [0.05, 0.1) is 24.7 Å². The summed E-state index contributed by atoms with van der Waals surface area (Å²) in [6.45, 7) is 4.37. The number of aromatic nitrogens is 1. The van der Waals surface area contributed by atoms with E-state index in [1.54, 1.807) is 0 Å². The molecule has 0 saturated carbocycles. The van der Waals surface area contributed by atoms with Crippen LogP contribution in [0.4, 0.5) is 0 Å². The van der Waals surface area contributed by atoms with E-state index >= 15 is 0 Å². The van der Waals surface area contributed by atoms with Crippen molar-refractivity contribution in [1.82, 2.24) is 14.6 Å². The molecular formula is C12H21N3O4S. The minimum atomic E-state index is -3.49. The van der Waals surface area contributed by atoms with Crippen LogP contribution in [0.15, 0.2) is 17.2 Å². The molecular weight excluding hydrogens is 282 g/mol. The number of hydrogen-bond acceptors (Lipinski definition) is 5. The molecule has 0 unspecified atom stereocenters. The number of sulfonamides is 1. The molecule has 1 aliphatic rings. The minimum Gasteiger partial charge on any atom is -0.390 e. The molecule has 8 heteroatoms. The fraction of sp³-hybridized carbons (Fsp3) is 0.667. The Balaban J connectivity index is 1.74. The maximum absolute atomic E-state index is 12.0. The third-order valence-corrected chi connectivity index (χ3v) is 4.68. The molecule has 7 nitrogen and oxygen atoms in total. The van der Waals surface area contributed by atoms with Crippen LogP contribution in [0.2, 0.25) is 0 Å². The predicted octanol–water partition coefficient (Wildman–Crippen LogP) is -0.492. The van der Waals surface area contributed by atoms with Crippen LogP contribution >= 0.6 is 0 Å². The predicted molar refractivity (Wildman–Crippen MR) is 73.8 cm³/mol. The summed E-state index contributed by atoms with van der Waals surface area (Å²) in [4.78, 5) is 5.13. The van der Waals surface area contributed by atoms with Gasteiger partial charge in [0.2, 0.25) is 10.0 Å². The van der Waals surface area contributed by atoms with Gasteiger partial charge >= 0.3 is 0 Å². The van der Waals surface area contributed by atoms with E-state index in [1.165, 1.54) is 12.3 Å². The molecule has 0 bridgehead atoms. The van der Waals surface area contributed by atoms with Crippen LogP contribution in [0.3, 0.4) is 0 Å². The van der Waals surface area contributed by atoms with Gasteiger partial charge in [0.15, 0.2) is 0 Å². The van der Waals surface area contributed by atoms with Gasteiger partial charge in [-0.05, 0) is 19.0 Å². The van der Waals surface area contributed by atoms with Gasteiger partial charge in [-0.3, -0.25) is 4.90 Å². The average molecular weight is 303 g/mol. The second-order valence-corrected chi connectivity index (χ2v) is 6.49. The monoisotopic (exact) mass is 303 g/mol. The Morgan fingerprint density at radius 3 is 2.80 bits per heavy atom. The second-order valence-electron chi connectivity index (χ2n) is 4.72. The SMILES string of the molecule is O=S(=O)(NCCCN1CCOCC1)c1c[nH]c(CO)c1. The van der Waals surface area contributed by atoms with Gasteiger partial charge in [0, 0.05) is 31.5 Å². The Kier molecular flexibility index (Phi) is 5.55. The Bertz CT molecular complexity index is 509. The van der Waals surface area contributed by atoms with Gasteiger partial charge in [-0.25, -0.2) is 13.1 Å². The van der Waals surface area contributed by atoms with Crippen LogP contribution in [-0.4, -0.2) is 62.8 Å². The Morgan fingerprint density at radius 2 is 2.15 bits per heavy atom. The molecule has 2 heterocycles. The van der Waals surface area contributed by atoms with E-state index in [1.807, 2.05) is 0 Å². The Labute approximate surface area is 119 Å². The van der Waals surface area contributed by atoms with E-state index in [9.17, 15) is 8.42 Å². The quantitative estimate of drug-likeness (QED) is 0.591. The standard InChI is InChI=1S/C12H21N3O4S/c16-10-11-8-12(9-13-11)20(17,18)14-2-1-3-15-4-6-19-7-5-15/h8-9,13-14,16H,1-7,10H2. The average Bonchev–Trinajstić information content (AvgIpc) is 2.95. The van der Waals surface area contributed by atoms with Crippen LogP contribution in [0.25, 0.3) is 0 Å². The van der Waals surface area contributed by atoms with E-state index in [2.05, 4.69) is 14.6 Å². The van der Waals surface area contributed by atoms with Gasteiger partial charge in [-0.2, -0.15) is 0 Å². The molecule has 20 heavy (non-hydrogen) atoms. The van der Waals surface area contributed by atoms with Crippen molar-refractivity contribution in [2.24, 2.45) is 0 Å². The number of aromatic amines is 1. The smallest absolute Gasteiger partial charge is 0.242 e. The van der Waals surface area contributed by atoms with Crippen molar-refractivity contribution in [2.45, 2.75) is 17.9 Å².